The van der Waals surface area contributed by atoms with E-state index in [2.05, 4.69) is 16.0 Å². The van der Waals surface area contributed by atoms with E-state index in [-0.39, 0.29) is 34.5 Å². The van der Waals surface area contributed by atoms with Crippen molar-refractivity contribution in [2.24, 2.45) is 0 Å². The number of carbonyl (C=O) groups is 4. The first-order valence-corrected chi connectivity index (χ1v) is 11.3. The quantitative estimate of drug-likeness (QED) is 0.316. The van der Waals surface area contributed by atoms with Gasteiger partial charge in [-0.1, -0.05) is 37.1 Å². The van der Waals surface area contributed by atoms with E-state index < -0.39 is 34.9 Å². The van der Waals surface area contributed by atoms with Gasteiger partial charge in [0.25, 0.3) is 17.5 Å². The molecule has 35 heavy (non-hydrogen) atoms. The lowest BCUT2D eigenvalue weighted by Gasteiger charge is -2.22. The molecule has 1 aliphatic carbocycles. The molecule has 4 rings (SSSR count). The molecule has 1 aliphatic heterocycles. The van der Waals surface area contributed by atoms with Crippen molar-refractivity contribution in [1.82, 2.24) is 15.5 Å². The van der Waals surface area contributed by atoms with Crippen LogP contribution < -0.4 is 16.0 Å². The lowest BCUT2D eigenvalue weighted by atomic mass is 9.91. The highest BCUT2D eigenvalue weighted by atomic mass is 16.6. The lowest BCUT2D eigenvalue weighted by Crippen LogP contribution is -2.42. The highest BCUT2D eigenvalue weighted by Gasteiger charge is 2.49. The molecule has 1 saturated heterocycles. The zero-order chi connectivity index (χ0) is 25.2. The number of non-ortho nitro benzene ring substituents is 1. The van der Waals surface area contributed by atoms with Crippen LogP contribution in [0, 0.1) is 10.1 Å². The summed E-state index contributed by atoms with van der Waals surface area (Å²) in [5, 5.41) is 19.2. The van der Waals surface area contributed by atoms with Crippen molar-refractivity contribution in [3.05, 3.63) is 69.8 Å². The first kappa shape index (κ1) is 23.9. The maximum atomic E-state index is 13.1. The molecule has 1 unspecified atom stereocenters. The number of nitrogens with one attached hydrogen (secondary N) is 3. The molecule has 5 amide bonds. The second kappa shape index (κ2) is 9.53. The fourth-order valence-electron chi connectivity index (χ4n) is 4.42. The van der Waals surface area contributed by atoms with Gasteiger partial charge in [-0.3, -0.25) is 29.4 Å². The number of nitro benzene ring substituents is 1. The van der Waals surface area contributed by atoms with Crippen LogP contribution in [0.4, 0.5) is 16.2 Å². The molecule has 2 aromatic rings. The Kier molecular flexibility index (Phi) is 6.50. The maximum absolute atomic E-state index is 13.1. The molecule has 1 saturated carbocycles. The normalized spacial score (nSPS) is 20.0. The molecule has 1 heterocycles. The van der Waals surface area contributed by atoms with E-state index in [4.69, 9.17) is 0 Å². The van der Waals surface area contributed by atoms with E-state index in [9.17, 15) is 29.3 Å². The zero-order valence-electron chi connectivity index (χ0n) is 19.1. The summed E-state index contributed by atoms with van der Waals surface area (Å²) in [6.45, 7) is 0.834. The van der Waals surface area contributed by atoms with Gasteiger partial charge >= 0.3 is 6.03 Å². The minimum absolute atomic E-state index is 0.101. The van der Waals surface area contributed by atoms with Gasteiger partial charge in [0, 0.05) is 18.2 Å². The smallest absolute Gasteiger partial charge is 0.325 e. The predicted octanol–water partition coefficient (Wildman–Crippen LogP) is 2.67. The Bertz CT molecular complexity index is 1210. The second-order valence-corrected chi connectivity index (χ2v) is 8.80. The highest BCUT2D eigenvalue weighted by molar-refractivity contribution is 6.11. The number of nitrogens with zero attached hydrogens (tertiary/aromatic N) is 2. The predicted molar refractivity (Wildman–Crippen MR) is 125 cm³/mol. The van der Waals surface area contributed by atoms with Crippen molar-refractivity contribution >= 4 is 35.1 Å². The van der Waals surface area contributed by atoms with Crippen LogP contribution in [-0.2, 0) is 15.1 Å². The number of para-hydroxylation sites is 1. The Morgan fingerprint density at radius 2 is 1.86 bits per heavy atom. The molecule has 2 fully saturated rings. The van der Waals surface area contributed by atoms with Gasteiger partial charge < -0.3 is 16.0 Å². The Morgan fingerprint density at radius 1 is 1.14 bits per heavy atom. The Hall–Kier alpha value is -4.28. The third kappa shape index (κ3) is 4.84. The van der Waals surface area contributed by atoms with Crippen molar-refractivity contribution in [1.29, 1.82) is 0 Å². The van der Waals surface area contributed by atoms with E-state index >= 15 is 0 Å². The minimum atomic E-state index is -1.57. The van der Waals surface area contributed by atoms with E-state index in [0.717, 1.165) is 30.6 Å². The van der Waals surface area contributed by atoms with Crippen LogP contribution in [0.3, 0.4) is 0 Å². The fraction of sp³-hybridized carbons (Fsp3) is 0.333. The van der Waals surface area contributed by atoms with E-state index in [1.165, 1.54) is 31.2 Å². The molecule has 2 aliphatic rings. The standard InChI is InChI=1S/C24H25N5O6/c1-24(15-7-6-10-17(13-15)29(34)35)22(32)28(23(33)27-24)14-20(30)26-19-12-5-4-11-18(19)21(31)25-16-8-2-3-9-16/h4-7,10-13,16H,2-3,8-9,14H2,1H3,(H,25,31)(H,26,30)(H,27,33). The van der Waals surface area contributed by atoms with Crippen molar-refractivity contribution in [3.8, 4) is 0 Å². The molecule has 1 atom stereocenters. The van der Waals surface area contributed by atoms with Gasteiger partial charge in [-0.25, -0.2) is 4.79 Å². The summed E-state index contributed by atoms with van der Waals surface area (Å²) in [5.74, 6) is -1.69. The number of imide groups is 1. The number of amides is 5. The monoisotopic (exact) mass is 479 g/mol. The van der Waals surface area contributed by atoms with Crippen LogP contribution >= 0.6 is 0 Å². The molecule has 0 spiro atoms. The SMILES string of the molecule is CC1(c2cccc([N+](=O)[O-])c2)NC(=O)N(CC(=O)Nc2ccccc2C(=O)NC2CCCC2)C1=O. The van der Waals surface area contributed by atoms with Crippen LogP contribution in [0.2, 0.25) is 0 Å². The number of hydrogen-bond donors (Lipinski definition) is 3. The molecule has 0 bridgehead atoms. The first-order chi connectivity index (χ1) is 16.7. The van der Waals surface area contributed by atoms with Crippen LogP contribution in [0.5, 0.6) is 0 Å². The van der Waals surface area contributed by atoms with Crippen LogP contribution in [0.15, 0.2) is 48.5 Å². The lowest BCUT2D eigenvalue weighted by molar-refractivity contribution is -0.385. The third-order valence-corrected chi connectivity index (χ3v) is 6.35. The summed E-state index contributed by atoms with van der Waals surface area (Å²) in [5.41, 5.74) is -1.02. The van der Waals surface area contributed by atoms with Gasteiger partial charge in [-0.2, -0.15) is 0 Å². The third-order valence-electron chi connectivity index (χ3n) is 6.35. The summed E-state index contributed by atoms with van der Waals surface area (Å²) < 4.78 is 0. The van der Waals surface area contributed by atoms with Gasteiger partial charge in [0.05, 0.1) is 16.2 Å². The highest BCUT2D eigenvalue weighted by Crippen LogP contribution is 2.31. The van der Waals surface area contributed by atoms with E-state index in [1.54, 1.807) is 24.3 Å². The summed E-state index contributed by atoms with van der Waals surface area (Å²) >= 11 is 0. The average molecular weight is 479 g/mol. The molecular weight excluding hydrogens is 454 g/mol. The van der Waals surface area contributed by atoms with Crippen molar-refractivity contribution < 1.29 is 24.1 Å². The molecular formula is C24H25N5O6. The van der Waals surface area contributed by atoms with E-state index in [1.807, 2.05) is 0 Å². The van der Waals surface area contributed by atoms with Crippen molar-refractivity contribution in [2.45, 2.75) is 44.2 Å². The van der Waals surface area contributed by atoms with Gasteiger partial charge in [-0.05, 0) is 37.5 Å². The minimum Gasteiger partial charge on any atom is -0.349 e. The van der Waals surface area contributed by atoms with Gasteiger partial charge in [0.1, 0.15) is 12.1 Å². The zero-order valence-corrected chi connectivity index (χ0v) is 19.1. The molecule has 11 nitrogen and oxygen atoms in total. The molecule has 182 valence electrons. The fourth-order valence-corrected chi connectivity index (χ4v) is 4.42. The maximum Gasteiger partial charge on any atom is 0.325 e. The van der Waals surface area contributed by atoms with Crippen LogP contribution in [0.1, 0.15) is 48.5 Å². The number of nitro groups is 1. The number of urea groups is 1. The Morgan fingerprint density at radius 3 is 2.57 bits per heavy atom. The summed E-state index contributed by atoms with van der Waals surface area (Å²) in [6.07, 6.45) is 3.95. The number of carbonyl (C=O) groups excluding carboxylic acids is 4. The summed E-state index contributed by atoms with van der Waals surface area (Å²) in [6, 6.07) is 11.2. The van der Waals surface area contributed by atoms with Crippen LogP contribution in [0.25, 0.3) is 0 Å². The summed E-state index contributed by atoms with van der Waals surface area (Å²) in [7, 11) is 0. The van der Waals surface area contributed by atoms with Crippen molar-refractivity contribution in [3.63, 3.8) is 0 Å². The first-order valence-electron chi connectivity index (χ1n) is 11.3. The number of benzene rings is 2. The largest absolute Gasteiger partial charge is 0.349 e. The van der Waals surface area contributed by atoms with Crippen LogP contribution in [-0.4, -0.2) is 46.2 Å². The Labute approximate surface area is 201 Å². The summed E-state index contributed by atoms with van der Waals surface area (Å²) in [4.78, 5) is 62.4. The molecule has 11 heteroatoms. The molecule has 0 radical (unpaired) electrons. The molecule has 3 N–H and O–H groups in total. The topological polar surface area (TPSA) is 151 Å². The number of rotatable bonds is 7. The average Bonchev–Trinajstić information content (AvgIpc) is 3.42. The molecule has 0 aromatic heterocycles. The number of hydrogen-bond acceptors (Lipinski definition) is 6. The van der Waals surface area contributed by atoms with Gasteiger partial charge in [0.2, 0.25) is 5.91 Å². The van der Waals surface area contributed by atoms with Crippen molar-refractivity contribution in [2.75, 3.05) is 11.9 Å². The Balaban J connectivity index is 1.47. The van der Waals surface area contributed by atoms with Gasteiger partial charge in [-0.15, -0.1) is 0 Å². The van der Waals surface area contributed by atoms with E-state index in [0.29, 0.717) is 0 Å². The number of anilines is 1. The molecule has 2 aromatic carbocycles. The van der Waals surface area contributed by atoms with Gasteiger partial charge in [0.15, 0.2) is 0 Å². The second-order valence-electron chi connectivity index (χ2n) is 8.80.